The van der Waals surface area contributed by atoms with Crippen LogP contribution in [0.5, 0.6) is 5.75 Å². The van der Waals surface area contributed by atoms with Gasteiger partial charge in [0.25, 0.3) is 0 Å². The number of hydrogen-bond donors (Lipinski definition) is 2. The maximum absolute atomic E-state index is 13.8. The van der Waals surface area contributed by atoms with E-state index < -0.39 is 11.7 Å². The molecule has 148 valence electrons. The molecule has 3 rings (SSSR count). The fraction of sp³-hybridized carbons (Fsp3) is 0.263. The monoisotopic (exact) mass is 392 g/mol. The number of anilines is 2. The van der Waals surface area contributed by atoms with E-state index in [4.69, 9.17) is 15.2 Å². The van der Waals surface area contributed by atoms with Gasteiger partial charge in [0.1, 0.15) is 18.2 Å². The number of halogens is 3. The van der Waals surface area contributed by atoms with Crippen LogP contribution >= 0.6 is 0 Å². The Morgan fingerprint density at radius 2 is 1.82 bits per heavy atom. The number of nitrogens with zero attached hydrogens (tertiary/aromatic N) is 2. The van der Waals surface area contributed by atoms with Crippen LogP contribution in [-0.4, -0.2) is 37.3 Å². The third kappa shape index (κ3) is 3.79. The van der Waals surface area contributed by atoms with Gasteiger partial charge in [0.2, 0.25) is 5.95 Å². The summed E-state index contributed by atoms with van der Waals surface area (Å²) >= 11 is 0. The number of alkyl halides is 3. The molecule has 0 atom stereocenters. The fourth-order valence-corrected chi connectivity index (χ4v) is 2.99. The predicted octanol–water partition coefficient (Wildman–Crippen LogP) is 3.96. The average Bonchev–Trinajstić information content (AvgIpc) is 2.66. The van der Waals surface area contributed by atoms with Crippen LogP contribution in [0.1, 0.15) is 5.56 Å². The summed E-state index contributed by atoms with van der Waals surface area (Å²) in [5, 5.41) is 3.30. The third-order valence-electron chi connectivity index (χ3n) is 4.12. The van der Waals surface area contributed by atoms with Gasteiger partial charge in [-0.15, -0.1) is 0 Å². The van der Waals surface area contributed by atoms with Crippen LogP contribution < -0.4 is 15.8 Å². The van der Waals surface area contributed by atoms with E-state index in [1.54, 1.807) is 25.2 Å². The number of ether oxygens (including phenoxy) is 2. The highest BCUT2D eigenvalue weighted by atomic mass is 19.4. The predicted molar refractivity (Wildman–Crippen MR) is 101 cm³/mol. The quantitative estimate of drug-likeness (QED) is 0.618. The summed E-state index contributed by atoms with van der Waals surface area (Å²) in [6.45, 7) is 0.352. The van der Waals surface area contributed by atoms with Gasteiger partial charge in [-0.05, 0) is 23.8 Å². The molecule has 3 aromatic rings. The van der Waals surface area contributed by atoms with E-state index in [9.17, 15) is 13.2 Å². The molecule has 0 aliphatic heterocycles. The molecule has 1 aromatic heterocycles. The van der Waals surface area contributed by atoms with E-state index in [-0.39, 0.29) is 30.5 Å². The molecule has 28 heavy (non-hydrogen) atoms. The summed E-state index contributed by atoms with van der Waals surface area (Å²) < 4.78 is 51.9. The molecule has 0 saturated carbocycles. The van der Waals surface area contributed by atoms with Gasteiger partial charge in [0.05, 0.1) is 23.1 Å². The smallest absolute Gasteiger partial charge is 0.417 e. The van der Waals surface area contributed by atoms with Crippen LogP contribution in [-0.2, 0) is 10.9 Å². The summed E-state index contributed by atoms with van der Waals surface area (Å²) in [5.74, 6) is 0.450. The number of aromatic nitrogens is 2. The summed E-state index contributed by atoms with van der Waals surface area (Å²) in [4.78, 5) is 8.27. The van der Waals surface area contributed by atoms with Crippen molar-refractivity contribution in [3.8, 4) is 16.9 Å². The Hall–Kier alpha value is -3.07. The first-order chi connectivity index (χ1) is 13.4. The third-order valence-corrected chi connectivity index (χ3v) is 4.12. The average molecular weight is 392 g/mol. The topological polar surface area (TPSA) is 82.3 Å². The number of nitrogens with one attached hydrogen (secondary N) is 1. The fourth-order valence-electron chi connectivity index (χ4n) is 2.99. The second-order valence-electron chi connectivity index (χ2n) is 5.90. The Bertz CT molecular complexity index is 993. The highest BCUT2D eigenvalue weighted by Gasteiger charge is 2.36. The maximum Gasteiger partial charge on any atom is 0.417 e. The van der Waals surface area contributed by atoms with Crippen molar-refractivity contribution in [2.24, 2.45) is 0 Å². The highest BCUT2D eigenvalue weighted by Crippen LogP contribution is 2.45. The summed E-state index contributed by atoms with van der Waals surface area (Å²) in [6.07, 6.45) is -4.58. The van der Waals surface area contributed by atoms with Gasteiger partial charge in [0, 0.05) is 19.7 Å². The van der Waals surface area contributed by atoms with Gasteiger partial charge in [-0.3, -0.25) is 0 Å². The Morgan fingerprint density at radius 3 is 2.50 bits per heavy atom. The summed E-state index contributed by atoms with van der Waals surface area (Å²) in [5.41, 5.74) is 5.54. The SMILES string of the molecule is CNc1nc(N)nc2cccc(-c3c(OCCOC)cccc3C(F)(F)F)c12. The molecule has 1 heterocycles. The largest absolute Gasteiger partial charge is 0.491 e. The molecule has 0 radical (unpaired) electrons. The van der Waals surface area contributed by atoms with Gasteiger partial charge < -0.3 is 20.5 Å². The zero-order valence-electron chi connectivity index (χ0n) is 15.3. The minimum absolute atomic E-state index is 0.0228. The van der Waals surface area contributed by atoms with Gasteiger partial charge in [-0.1, -0.05) is 18.2 Å². The molecule has 9 heteroatoms. The van der Waals surface area contributed by atoms with Crippen molar-refractivity contribution in [2.45, 2.75) is 6.18 Å². The minimum atomic E-state index is -4.58. The van der Waals surface area contributed by atoms with Crippen molar-refractivity contribution in [3.05, 3.63) is 42.0 Å². The molecule has 0 saturated heterocycles. The van der Waals surface area contributed by atoms with E-state index >= 15 is 0 Å². The minimum Gasteiger partial charge on any atom is -0.491 e. The number of nitrogens with two attached hydrogens (primary N) is 1. The van der Waals surface area contributed by atoms with E-state index in [1.165, 1.54) is 19.2 Å². The molecule has 0 unspecified atom stereocenters. The number of rotatable bonds is 6. The molecular formula is C19H19F3N4O2. The molecule has 0 aliphatic carbocycles. The first-order valence-electron chi connectivity index (χ1n) is 8.43. The molecule has 0 spiro atoms. The van der Waals surface area contributed by atoms with Gasteiger partial charge in [-0.25, -0.2) is 4.98 Å². The lowest BCUT2D eigenvalue weighted by Crippen LogP contribution is -2.11. The Balaban J connectivity index is 2.33. The van der Waals surface area contributed by atoms with E-state index in [1.807, 2.05) is 0 Å². The number of nitrogen functional groups attached to an aromatic ring is 1. The van der Waals surface area contributed by atoms with Crippen molar-refractivity contribution < 1.29 is 22.6 Å². The second kappa shape index (κ2) is 7.89. The standard InChI is InChI=1S/C19H19F3N4O2/c1-24-17-16-11(5-3-7-13(16)25-18(23)26-17)15-12(19(20,21)22)6-4-8-14(15)28-10-9-27-2/h3-8H,9-10H2,1-2H3,(H3,23,24,25,26). The molecule has 2 aromatic carbocycles. The van der Waals surface area contributed by atoms with Gasteiger partial charge >= 0.3 is 6.18 Å². The lowest BCUT2D eigenvalue weighted by Gasteiger charge is -2.19. The normalized spacial score (nSPS) is 11.6. The highest BCUT2D eigenvalue weighted by molar-refractivity contribution is 6.04. The second-order valence-corrected chi connectivity index (χ2v) is 5.90. The molecule has 0 fully saturated rings. The lowest BCUT2D eigenvalue weighted by molar-refractivity contribution is -0.137. The molecule has 0 amide bonds. The van der Waals surface area contributed by atoms with Crippen molar-refractivity contribution >= 4 is 22.7 Å². The first kappa shape index (κ1) is 19.7. The van der Waals surface area contributed by atoms with E-state index in [2.05, 4.69) is 15.3 Å². The zero-order chi connectivity index (χ0) is 20.3. The van der Waals surface area contributed by atoms with Crippen molar-refractivity contribution in [1.82, 2.24) is 9.97 Å². The number of methoxy groups -OCH3 is 1. The Morgan fingerprint density at radius 1 is 1.07 bits per heavy atom. The van der Waals surface area contributed by atoms with Crippen LogP contribution in [0.15, 0.2) is 36.4 Å². The molecule has 0 aliphatic rings. The van der Waals surface area contributed by atoms with E-state index in [0.717, 1.165) is 6.07 Å². The van der Waals surface area contributed by atoms with Crippen LogP contribution in [0.3, 0.4) is 0 Å². The summed E-state index contributed by atoms with van der Waals surface area (Å²) in [6, 6.07) is 8.70. The molecule has 3 N–H and O–H groups in total. The molecule has 6 nitrogen and oxygen atoms in total. The van der Waals surface area contributed by atoms with Crippen LogP contribution in [0, 0.1) is 0 Å². The van der Waals surface area contributed by atoms with Crippen LogP contribution in [0.25, 0.3) is 22.0 Å². The lowest BCUT2D eigenvalue weighted by atomic mass is 9.94. The Kier molecular flexibility index (Phi) is 5.55. The number of benzene rings is 2. The Labute approximate surface area is 159 Å². The van der Waals surface area contributed by atoms with Crippen molar-refractivity contribution in [2.75, 3.05) is 38.4 Å². The number of hydrogen-bond acceptors (Lipinski definition) is 6. The van der Waals surface area contributed by atoms with Gasteiger partial charge in [0.15, 0.2) is 0 Å². The molecule has 0 bridgehead atoms. The maximum atomic E-state index is 13.8. The summed E-state index contributed by atoms with van der Waals surface area (Å²) in [7, 11) is 3.10. The van der Waals surface area contributed by atoms with E-state index in [0.29, 0.717) is 22.3 Å². The molecular weight excluding hydrogens is 373 g/mol. The first-order valence-corrected chi connectivity index (χ1v) is 8.43. The van der Waals surface area contributed by atoms with Crippen LogP contribution in [0.2, 0.25) is 0 Å². The van der Waals surface area contributed by atoms with Crippen molar-refractivity contribution in [1.29, 1.82) is 0 Å². The van der Waals surface area contributed by atoms with Gasteiger partial charge in [-0.2, -0.15) is 18.2 Å². The zero-order valence-corrected chi connectivity index (χ0v) is 15.3. The van der Waals surface area contributed by atoms with Crippen molar-refractivity contribution in [3.63, 3.8) is 0 Å². The number of fused-ring (bicyclic) bond motifs is 1. The van der Waals surface area contributed by atoms with Crippen LogP contribution in [0.4, 0.5) is 24.9 Å².